The van der Waals surface area contributed by atoms with Gasteiger partial charge in [0.1, 0.15) is 0 Å². The molecule has 0 aromatic heterocycles. The highest BCUT2D eigenvalue weighted by atomic mass is 16.5. The number of hydrogen-bond donors (Lipinski definition) is 1. The van der Waals surface area contributed by atoms with E-state index >= 15 is 0 Å². The second-order valence-electron chi connectivity index (χ2n) is 9.57. The lowest BCUT2D eigenvalue weighted by Gasteiger charge is -2.43. The SMILES string of the molecule is CCOC(=O)C1=C(CN2CCN(C(=O)c3ccc(C)cc3)[C@H](C)C2)N(CC)C(=O)N[C@@H]1c1ccccc1. The molecule has 8 heteroatoms. The first kappa shape index (κ1) is 26.4. The summed E-state index contributed by atoms with van der Waals surface area (Å²) in [6.07, 6.45) is 0. The van der Waals surface area contributed by atoms with Crippen LogP contribution >= 0.6 is 0 Å². The van der Waals surface area contributed by atoms with E-state index in [0.717, 1.165) is 11.1 Å². The number of rotatable bonds is 7. The molecule has 2 aromatic rings. The summed E-state index contributed by atoms with van der Waals surface area (Å²) in [5, 5.41) is 3.00. The van der Waals surface area contributed by atoms with Crippen molar-refractivity contribution in [2.24, 2.45) is 0 Å². The van der Waals surface area contributed by atoms with Crippen LogP contribution in [0.1, 0.15) is 48.3 Å². The Morgan fingerprint density at radius 1 is 1.03 bits per heavy atom. The first-order chi connectivity index (χ1) is 17.8. The van der Waals surface area contributed by atoms with E-state index in [1.165, 1.54) is 0 Å². The van der Waals surface area contributed by atoms with E-state index in [1.54, 1.807) is 11.8 Å². The zero-order chi connectivity index (χ0) is 26.5. The number of nitrogens with zero attached hydrogens (tertiary/aromatic N) is 3. The summed E-state index contributed by atoms with van der Waals surface area (Å²) in [6, 6.07) is 16.3. The van der Waals surface area contributed by atoms with Gasteiger partial charge >= 0.3 is 12.0 Å². The normalized spacial score (nSPS) is 20.6. The van der Waals surface area contributed by atoms with Gasteiger partial charge in [-0.05, 0) is 45.4 Å². The molecule has 1 N–H and O–H groups in total. The number of nitrogens with one attached hydrogen (secondary N) is 1. The maximum Gasteiger partial charge on any atom is 0.338 e. The molecule has 4 rings (SSSR count). The minimum atomic E-state index is -0.590. The third kappa shape index (κ3) is 5.69. The molecule has 1 saturated heterocycles. The molecule has 2 aromatic carbocycles. The molecule has 2 aliphatic rings. The van der Waals surface area contributed by atoms with Gasteiger partial charge in [0.05, 0.1) is 18.2 Å². The van der Waals surface area contributed by atoms with Crippen LogP contribution in [0.3, 0.4) is 0 Å². The Bertz CT molecular complexity index is 1160. The molecule has 1 fully saturated rings. The van der Waals surface area contributed by atoms with Crippen LogP contribution in [0.15, 0.2) is 65.9 Å². The fourth-order valence-corrected chi connectivity index (χ4v) is 5.11. The number of carbonyl (C=O) groups excluding carboxylic acids is 3. The van der Waals surface area contributed by atoms with E-state index < -0.39 is 12.0 Å². The molecule has 0 unspecified atom stereocenters. The molecule has 8 nitrogen and oxygen atoms in total. The van der Waals surface area contributed by atoms with Crippen LogP contribution in [-0.4, -0.2) is 78.0 Å². The van der Waals surface area contributed by atoms with Crippen LogP contribution in [0, 0.1) is 6.92 Å². The number of carbonyl (C=O) groups is 3. The van der Waals surface area contributed by atoms with Crippen molar-refractivity contribution in [3.8, 4) is 0 Å². The van der Waals surface area contributed by atoms with E-state index in [1.807, 2.05) is 80.3 Å². The molecule has 2 atom stereocenters. The van der Waals surface area contributed by atoms with Crippen molar-refractivity contribution in [3.63, 3.8) is 0 Å². The lowest BCUT2D eigenvalue weighted by atomic mass is 9.94. The Kier molecular flexibility index (Phi) is 8.28. The van der Waals surface area contributed by atoms with Gasteiger partial charge in [0.2, 0.25) is 0 Å². The molecule has 3 amide bonds. The number of benzene rings is 2. The largest absolute Gasteiger partial charge is 0.463 e. The predicted octanol–water partition coefficient (Wildman–Crippen LogP) is 3.74. The zero-order valence-electron chi connectivity index (χ0n) is 22.1. The van der Waals surface area contributed by atoms with E-state index in [2.05, 4.69) is 10.2 Å². The minimum absolute atomic E-state index is 0.0217. The number of urea groups is 1. The number of likely N-dealkylation sites (N-methyl/N-ethyl adjacent to an activating group) is 1. The van der Waals surface area contributed by atoms with Crippen molar-refractivity contribution in [3.05, 3.63) is 82.6 Å². The number of piperazine rings is 1. The van der Waals surface area contributed by atoms with Crippen molar-refractivity contribution in [1.82, 2.24) is 20.0 Å². The summed E-state index contributed by atoms with van der Waals surface area (Å²) in [6.45, 7) is 10.6. The molecule has 2 aliphatic heterocycles. The first-order valence-electron chi connectivity index (χ1n) is 13.0. The number of aryl methyl sites for hydroxylation is 1. The average molecular weight is 505 g/mol. The van der Waals surface area contributed by atoms with Crippen molar-refractivity contribution >= 4 is 17.9 Å². The van der Waals surface area contributed by atoms with E-state index in [-0.39, 0.29) is 24.6 Å². The fraction of sp³-hybridized carbons (Fsp3) is 0.414. The van der Waals surface area contributed by atoms with Crippen LogP contribution in [0.5, 0.6) is 0 Å². The third-order valence-corrected chi connectivity index (χ3v) is 7.03. The quantitative estimate of drug-likeness (QED) is 0.581. The topological polar surface area (TPSA) is 82.2 Å². The Morgan fingerprint density at radius 3 is 2.35 bits per heavy atom. The first-order valence-corrected chi connectivity index (χ1v) is 13.0. The molecule has 0 bridgehead atoms. The highest BCUT2D eigenvalue weighted by Crippen LogP contribution is 2.32. The lowest BCUT2D eigenvalue weighted by Crippen LogP contribution is -2.56. The highest BCUT2D eigenvalue weighted by molar-refractivity contribution is 5.95. The van der Waals surface area contributed by atoms with Gasteiger partial charge in [-0.25, -0.2) is 9.59 Å². The predicted molar refractivity (Wildman–Crippen MR) is 142 cm³/mol. The van der Waals surface area contributed by atoms with Crippen LogP contribution < -0.4 is 5.32 Å². The van der Waals surface area contributed by atoms with Crippen LogP contribution in [0.25, 0.3) is 0 Å². The van der Waals surface area contributed by atoms with Gasteiger partial charge in [-0.1, -0.05) is 48.0 Å². The third-order valence-electron chi connectivity index (χ3n) is 7.03. The molecular formula is C29H36N4O4. The molecule has 196 valence electrons. The molecule has 0 radical (unpaired) electrons. The second kappa shape index (κ2) is 11.6. The molecule has 37 heavy (non-hydrogen) atoms. The summed E-state index contributed by atoms with van der Waals surface area (Å²) >= 11 is 0. The molecule has 0 saturated carbocycles. The summed E-state index contributed by atoms with van der Waals surface area (Å²) in [5.74, 6) is -0.402. The van der Waals surface area contributed by atoms with Gasteiger partial charge in [0.15, 0.2) is 0 Å². The van der Waals surface area contributed by atoms with E-state index in [4.69, 9.17) is 4.74 Å². The van der Waals surface area contributed by atoms with E-state index in [9.17, 15) is 14.4 Å². The standard InChI is InChI=1S/C29H36N4O4/c1-5-32-24(25(28(35)37-6-2)26(30-29(32)36)22-10-8-7-9-11-22)19-31-16-17-33(21(4)18-31)27(34)23-14-12-20(3)13-15-23/h7-15,21,26H,5-6,16-19H2,1-4H3,(H,30,36)/t21-,26-/m1/s1. The maximum atomic E-state index is 13.3. The Labute approximate surface area is 218 Å². The van der Waals surface area contributed by atoms with Crippen molar-refractivity contribution in [2.75, 3.05) is 39.3 Å². The number of esters is 1. The van der Waals surface area contributed by atoms with Crippen molar-refractivity contribution in [2.45, 2.75) is 39.8 Å². The average Bonchev–Trinajstić information content (AvgIpc) is 2.89. The van der Waals surface area contributed by atoms with Crippen LogP contribution in [0.2, 0.25) is 0 Å². The lowest BCUT2D eigenvalue weighted by molar-refractivity contribution is -0.139. The smallest absolute Gasteiger partial charge is 0.338 e. The van der Waals surface area contributed by atoms with Crippen molar-refractivity contribution < 1.29 is 19.1 Å². The van der Waals surface area contributed by atoms with Gasteiger partial charge < -0.3 is 15.0 Å². The summed E-state index contributed by atoms with van der Waals surface area (Å²) < 4.78 is 5.46. The summed E-state index contributed by atoms with van der Waals surface area (Å²) in [4.78, 5) is 45.3. The number of hydrogen-bond acceptors (Lipinski definition) is 5. The van der Waals surface area contributed by atoms with Gasteiger partial charge in [0, 0.05) is 50.0 Å². The highest BCUT2D eigenvalue weighted by Gasteiger charge is 2.39. The number of ether oxygens (including phenoxy) is 1. The van der Waals surface area contributed by atoms with Crippen LogP contribution in [0.4, 0.5) is 4.79 Å². The van der Waals surface area contributed by atoms with E-state index in [0.29, 0.717) is 49.6 Å². The molecule has 2 heterocycles. The second-order valence-corrected chi connectivity index (χ2v) is 9.57. The molecule has 0 aliphatic carbocycles. The van der Waals surface area contributed by atoms with Crippen LogP contribution in [-0.2, 0) is 9.53 Å². The summed E-state index contributed by atoms with van der Waals surface area (Å²) in [7, 11) is 0. The molecule has 0 spiro atoms. The minimum Gasteiger partial charge on any atom is -0.463 e. The monoisotopic (exact) mass is 504 g/mol. The maximum absolute atomic E-state index is 13.3. The Hall–Kier alpha value is -3.65. The zero-order valence-corrected chi connectivity index (χ0v) is 22.1. The van der Waals surface area contributed by atoms with Gasteiger partial charge in [-0.3, -0.25) is 14.6 Å². The number of amides is 3. The van der Waals surface area contributed by atoms with Gasteiger partial charge in [-0.2, -0.15) is 0 Å². The van der Waals surface area contributed by atoms with Gasteiger partial charge in [-0.15, -0.1) is 0 Å². The Balaban J connectivity index is 1.61. The summed E-state index contributed by atoms with van der Waals surface area (Å²) in [5.41, 5.74) is 3.74. The van der Waals surface area contributed by atoms with Crippen molar-refractivity contribution in [1.29, 1.82) is 0 Å². The molecular weight excluding hydrogens is 468 g/mol. The Morgan fingerprint density at radius 2 is 1.73 bits per heavy atom. The fourth-order valence-electron chi connectivity index (χ4n) is 5.11. The van der Waals surface area contributed by atoms with Gasteiger partial charge in [0.25, 0.3) is 5.91 Å².